The van der Waals surface area contributed by atoms with Crippen molar-refractivity contribution in [3.63, 3.8) is 0 Å². The number of pyridine rings is 1. The predicted molar refractivity (Wildman–Crippen MR) is 74.5 cm³/mol. The van der Waals surface area contributed by atoms with Crippen molar-refractivity contribution in [3.05, 3.63) is 46.4 Å². The summed E-state index contributed by atoms with van der Waals surface area (Å²) in [4.78, 5) is 5.30. The second kappa shape index (κ2) is 6.18. The molecule has 18 heavy (non-hydrogen) atoms. The first-order valence-corrected chi connectivity index (χ1v) is 6.87. The maximum Gasteiger partial charge on any atom is 0.142 e. The molecule has 1 unspecified atom stereocenters. The molecule has 0 fully saturated rings. The van der Waals surface area contributed by atoms with Crippen molar-refractivity contribution in [1.29, 1.82) is 5.26 Å². The SMILES string of the molecule is CCCC(Nc1ccnc(C#N)c1)c1cccs1. The van der Waals surface area contributed by atoms with E-state index in [4.69, 9.17) is 5.26 Å². The Kier molecular flexibility index (Phi) is 4.32. The van der Waals surface area contributed by atoms with Gasteiger partial charge in [-0.2, -0.15) is 5.26 Å². The van der Waals surface area contributed by atoms with Crippen molar-refractivity contribution < 1.29 is 0 Å². The smallest absolute Gasteiger partial charge is 0.142 e. The lowest BCUT2D eigenvalue weighted by atomic mass is 10.1. The molecule has 0 aliphatic heterocycles. The summed E-state index contributed by atoms with van der Waals surface area (Å²) in [7, 11) is 0. The van der Waals surface area contributed by atoms with E-state index in [0.717, 1.165) is 18.5 Å². The van der Waals surface area contributed by atoms with Crippen LogP contribution in [0.2, 0.25) is 0 Å². The molecule has 2 heterocycles. The van der Waals surface area contributed by atoms with Crippen molar-refractivity contribution >= 4 is 17.0 Å². The Morgan fingerprint density at radius 2 is 2.39 bits per heavy atom. The van der Waals surface area contributed by atoms with Crippen LogP contribution in [-0.2, 0) is 0 Å². The molecule has 1 N–H and O–H groups in total. The van der Waals surface area contributed by atoms with Gasteiger partial charge in [0.25, 0.3) is 0 Å². The molecule has 2 rings (SSSR count). The van der Waals surface area contributed by atoms with Crippen LogP contribution in [0.4, 0.5) is 5.69 Å². The molecule has 3 nitrogen and oxygen atoms in total. The Balaban J connectivity index is 2.16. The molecule has 1 atom stereocenters. The minimum absolute atomic E-state index is 0.309. The van der Waals surface area contributed by atoms with Gasteiger partial charge in [0, 0.05) is 16.8 Å². The third-order valence-corrected chi connectivity index (χ3v) is 3.67. The van der Waals surface area contributed by atoms with E-state index < -0.39 is 0 Å². The molecule has 2 aromatic rings. The molecule has 0 aromatic carbocycles. The topological polar surface area (TPSA) is 48.7 Å². The van der Waals surface area contributed by atoms with Gasteiger partial charge in [-0.25, -0.2) is 4.98 Å². The number of nitrogens with zero attached hydrogens (tertiary/aromatic N) is 2. The fourth-order valence-electron chi connectivity index (χ4n) is 1.85. The molecular weight excluding hydrogens is 242 g/mol. The monoisotopic (exact) mass is 257 g/mol. The summed E-state index contributed by atoms with van der Waals surface area (Å²) in [6.07, 6.45) is 3.86. The number of nitriles is 1. The van der Waals surface area contributed by atoms with E-state index in [1.807, 2.05) is 6.07 Å². The fourth-order valence-corrected chi connectivity index (χ4v) is 2.66. The van der Waals surface area contributed by atoms with Gasteiger partial charge in [0.1, 0.15) is 11.8 Å². The van der Waals surface area contributed by atoms with Crippen LogP contribution in [0, 0.1) is 11.3 Å². The van der Waals surface area contributed by atoms with Gasteiger partial charge in [0.2, 0.25) is 0 Å². The van der Waals surface area contributed by atoms with Crippen LogP contribution in [0.1, 0.15) is 36.4 Å². The number of nitrogens with one attached hydrogen (secondary N) is 1. The van der Waals surface area contributed by atoms with E-state index in [-0.39, 0.29) is 0 Å². The number of anilines is 1. The van der Waals surface area contributed by atoms with Gasteiger partial charge >= 0.3 is 0 Å². The molecule has 0 aliphatic rings. The molecular formula is C14H15N3S. The Hall–Kier alpha value is -1.86. The van der Waals surface area contributed by atoms with Gasteiger partial charge in [0.15, 0.2) is 0 Å². The van der Waals surface area contributed by atoms with Crippen LogP contribution >= 0.6 is 11.3 Å². The molecule has 0 bridgehead atoms. The standard InChI is InChI=1S/C14H15N3S/c1-2-4-13(14-5-3-8-18-14)17-11-6-7-16-12(9-11)10-15/h3,5-9,13H,2,4H2,1H3,(H,16,17). The summed E-state index contributed by atoms with van der Waals surface area (Å²) < 4.78 is 0. The zero-order valence-corrected chi connectivity index (χ0v) is 11.1. The summed E-state index contributed by atoms with van der Waals surface area (Å²) in [5, 5.41) is 14.4. The van der Waals surface area contributed by atoms with Crippen molar-refractivity contribution in [3.8, 4) is 6.07 Å². The summed E-state index contributed by atoms with van der Waals surface area (Å²) in [6, 6.07) is 10.3. The molecule has 0 radical (unpaired) electrons. The highest BCUT2D eigenvalue weighted by Gasteiger charge is 2.11. The van der Waals surface area contributed by atoms with E-state index in [9.17, 15) is 0 Å². The van der Waals surface area contributed by atoms with E-state index >= 15 is 0 Å². The zero-order chi connectivity index (χ0) is 12.8. The average molecular weight is 257 g/mol. The minimum Gasteiger partial charge on any atom is -0.377 e. The number of hydrogen-bond donors (Lipinski definition) is 1. The number of rotatable bonds is 5. The van der Waals surface area contributed by atoms with E-state index in [1.165, 1.54) is 4.88 Å². The van der Waals surface area contributed by atoms with Gasteiger partial charge in [0.05, 0.1) is 6.04 Å². The Bertz CT molecular complexity index is 528. The normalized spacial score (nSPS) is 11.8. The quantitative estimate of drug-likeness (QED) is 0.881. The first kappa shape index (κ1) is 12.6. The van der Waals surface area contributed by atoms with Crippen LogP contribution in [-0.4, -0.2) is 4.98 Å². The highest BCUT2D eigenvalue weighted by molar-refractivity contribution is 7.10. The summed E-state index contributed by atoms with van der Waals surface area (Å²) in [5.74, 6) is 0. The first-order chi connectivity index (χ1) is 8.83. The third kappa shape index (κ3) is 3.08. The second-order valence-electron chi connectivity index (χ2n) is 4.04. The lowest BCUT2D eigenvalue weighted by Gasteiger charge is -2.18. The number of hydrogen-bond acceptors (Lipinski definition) is 4. The lowest BCUT2D eigenvalue weighted by molar-refractivity contribution is 0.687. The Morgan fingerprint density at radius 1 is 1.50 bits per heavy atom. The van der Waals surface area contributed by atoms with E-state index in [2.05, 4.69) is 40.8 Å². The molecule has 0 saturated carbocycles. The van der Waals surface area contributed by atoms with Gasteiger partial charge in [-0.3, -0.25) is 0 Å². The highest BCUT2D eigenvalue weighted by Crippen LogP contribution is 2.27. The molecule has 0 spiro atoms. The van der Waals surface area contributed by atoms with Crippen molar-refractivity contribution in [2.24, 2.45) is 0 Å². The van der Waals surface area contributed by atoms with Gasteiger partial charge in [-0.05, 0) is 30.0 Å². The number of thiophene rings is 1. The van der Waals surface area contributed by atoms with Crippen LogP contribution in [0.15, 0.2) is 35.8 Å². The van der Waals surface area contributed by atoms with Gasteiger partial charge < -0.3 is 5.32 Å². The predicted octanol–water partition coefficient (Wildman–Crippen LogP) is 3.97. The van der Waals surface area contributed by atoms with Crippen molar-refractivity contribution in [2.45, 2.75) is 25.8 Å². The van der Waals surface area contributed by atoms with Crippen LogP contribution in [0.25, 0.3) is 0 Å². The maximum absolute atomic E-state index is 8.85. The Labute approximate surface area is 111 Å². The average Bonchev–Trinajstić information content (AvgIpc) is 2.92. The summed E-state index contributed by atoms with van der Waals surface area (Å²) >= 11 is 1.76. The van der Waals surface area contributed by atoms with E-state index in [1.54, 1.807) is 23.6 Å². The van der Waals surface area contributed by atoms with Gasteiger partial charge in [-0.1, -0.05) is 19.4 Å². The molecule has 0 amide bonds. The Morgan fingerprint density at radius 3 is 3.06 bits per heavy atom. The molecule has 0 saturated heterocycles. The lowest BCUT2D eigenvalue weighted by Crippen LogP contribution is -2.09. The second-order valence-corrected chi connectivity index (χ2v) is 5.02. The fraction of sp³-hybridized carbons (Fsp3) is 0.286. The highest BCUT2D eigenvalue weighted by atomic mass is 32.1. The molecule has 2 aromatic heterocycles. The van der Waals surface area contributed by atoms with Crippen molar-refractivity contribution in [1.82, 2.24) is 4.98 Å². The maximum atomic E-state index is 8.85. The zero-order valence-electron chi connectivity index (χ0n) is 10.3. The largest absolute Gasteiger partial charge is 0.377 e. The summed E-state index contributed by atoms with van der Waals surface area (Å²) in [5.41, 5.74) is 1.40. The number of aromatic nitrogens is 1. The van der Waals surface area contributed by atoms with E-state index in [0.29, 0.717) is 11.7 Å². The van der Waals surface area contributed by atoms with Gasteiger partial charge in [-0.15, -0.1) is 11.3 Å². The van der Waals surface area contributed by atoms with Crippen LogP contribution in [0.5, 0.6) is 0 Å². The van der Waals surface area contributed by atoms with Crippen molar-refractivity contribution in [2.75, 3.05) is 5.32 Å². The molecule has 92 valence electrons. The minimum atomic E-state index is 0.309. The third-order valence-electron chi connectivity index (χ3n) is 2.68. The summed E-state index contributed by atoms with van der Waals surface area (Å²) in [6.45, 7) is 2.18. The first-order valence-electron chi connectivity index (χ1n) is 5.99. The van der Waals surface area contributed by atoms with Crippen LogP contribution in [0.3, 0.4) is 0 Å². The molecule has 4 heteroatoms. The molecule has 0 aliphatic carbocycles. The van der Waals surface area contributed by atoms with Crippen LogP contribution < -0.4 is 5.32 Å².